The molecule has 0 unspecified atom stereocenters. The van der Waals surface area contributed by atoms with Crippen molar-refractivity contribution in [3.05, 3.63) is 81.2 Å². The van der Waals surface area contributed by atoms with Gasteiger partial charge in [-0.25, -0.2) is 0 Å². The maximum atomic E-state index is 12.7. The van der Waals surface area contributed by atoms with Gasteiger partial charge in [0.1, 0.15) is 11.5 Å². The van der Waals surface area contributed by atoms with E-state index in [1.54, 1.807) is 42.5 Å². The third-order valence-corrected chi connectivity index (χ3v) is 5.95. The number of amides is 2. The second kappa shape index (κ2) is 9.30. The second-order valence-electron chi connectivity index (χ2n) is 7.07. The highest BCUT2D eigenvalue weighted by atomic mass is 79.9. The van der Waals surface area contributed by atoms with E-state index in [9.17, 15) is 9.59 Å². The smallest absolute Gasteiger partial charge is 0.229 e. The van der Waals surface area contributed by atoms with Crippen LogP contribution >= 0.6 is 39.1 Å². The van der Waals surface area contributed by atoms with Crippen LogP contribution < -0.4 is 15.0 Å². The Morgan fingerprint density at radius 3 is 2.32 bits per heavy atom. The lowest BCUT2D eigenvalue weighted by Crippen LogP contribution is -2.28. The Bertz CT molecular complexity index is 1120. The minimum Gasteiger partial charge on any atom is -0.457 e. The van der Waals surface area contributed by atoms with Crippen molar-refractivity contribution in [2.75, 3.05) is 16.8 Å². The molecule has 0 aliphatic carbocycles. The van der Waals surface area contributed by atoms with E-state index in [4.69, 9.17) is 27.9 Å². The molecule has 0 spiro atoms. The van der Waals surface area contributed by atoms with E-state index in [0.717, 1.165) is 4.47 Å². The van der Waals surface area contributed by atoms with Gasteiger partial charge < -0.3 is 15.0 Å². The number of carbonyl (C=O) groups excluding carboxylic acids is 2. The molecule has 3 aromatic rings. The topological polar surface area (TPSA) is 58.6 Å². The van der Waals surface area contributed by atoms with Crippen molar-refractivity contribution in [2.24, 2.45) is 5.92 Å². The molecule has 1 heterocycles. The Kier molecular flexibility index (Phi) is 6.51. The second-order valence-corrected chi connectivity index (χ2v) is 8.83. The lowest BCUT2D eigenvalue weighted by atomic mass is 10.1. The molecule has 1 N–H and O–H groups in total. The van der Waals surface area contributed by atoms with Gasteiger partial charge in [-0.3, -0.25) is 9.59 Å². The summed E-state index contributed by atoms with van der Waals surface area (Å²) in [5.41, 5.74) is 1.14. The summed E-state index contributed by atoms with van der Waals surface area (Å²) in [5, 5.41) is 3.76. The van der Waals surface area contributed by atoms with E-state index in [0.29, 0.717) is 32.9 Å². The van der Waals surface area contributed by atoms with E-state index in [1.807, 2.05) is 24.3 Å². The van der Waals surface area contributed by atoms with Crippen LogP contribution in [-0.4, -0.2) is 18.4 Å². The van der Waals surface area contributed by atoms with E-state index in [2.05, 4.69) is 21.2 Å². The van der Waals surface area contributed by atoms with Crippen LogP contribution in [0.25, 0.3) is 0 Å². The van der Waals surface area contributed by atoms with Crippen molar-refractivity contribution in [1.29, 1.82) is 0 Å². The number of benzene rings is 3. The molecule has 1 aliphatic heterocycles. The highest BCUT2D eigenvalue weighted by Crippen LogP contribution is 2.34. The first kappa shape index (κ1) is 21.7. The number of hydrogen-bond acceptors (Lipinski definition) is 3. The zero-order valence-electron chi connectivity index (χ0n) is 16.1. The number of carbonyl (C=O) groups is 2. The van der Waals surface area contributed by atoms with Crippen LogP contribution in [0, 0.1) is 5.92 Å². The number of ether oxygens (including phenoxy) is 1. The Morgan fingerprint density at radius 2 is 1.65 bits per heavy atom. The van der Waals surface area contributed by atoms with E-state index in [-0.39, 0.29) is 24.8 Å². The molecule has 1 atom stereocenters. The van der Waals surface area contributed by atoms with Crippen molar-refractivity contribution in [3.8, 4) is 11.5 Å². The van der Waals surface area contributed by atoms with Crippen LogP contribution in [0.5, 0.6) is 11.5 Å². The molecule has 2 amide bonds. The van der Waals surface area contributed by atoms with E-state index in [1.165, 1.54) is 4.90 Å². The van der Waals surface area contributed by atoms with Crippen molar-refractivity contribution in [1.82, 2.24) is 0 Å². The maximum absolute atomic E-state index is 12.7. The zero-order chi connectivity index (χ0) is 22.0. The van der Waals surface area contributed by atoms with Crippen molar-refractivity contribution in [2.45, 2.75) is 6.42 Å². The highest BCUT2D eigenvalue weighted by Gasteiger charge is 2.36. The van der Waals surface area contributed by atoms with E-state index >= 15 is 0 Å². The van der Waals surface area contributed by atoms with Gasteiger partial charge in [-0.15, -0.1) is 0 Å². The largest absolute Gasteiger partial charge is 0.457 e. The fourth-order valence-corrected chi connectivity index (χ4v) is 3.95. The van der Waals surface area contributed by atoms with Crippen LogP contribution in [0.15, 0.2) is 71.2 Å². The molecular formula is C23H17BrCl2N2O3. The summed E-state index contributed by atoms with van der Waals surface area (Å²) in [4.78, 5) is 26.7. The molecule has 0 radical (unpaired) electrons. The molecule has 0 aromatic heterocycles. The molecule has 3 aromatic carbocycles. The summed E-state index contributed by atoms with van der Waals surface area (Å²) < 4.78 is 6.75. The van der Waals surface area contributed by atoms with Gasteiger partial charge >= 0.3 is 0 Å². The van der Waals surface area contributed by atoms with Gasteiger partial charge in [0, 0.05) is 28.1 Å². The molecule has 31 heavy (non-hydrogen) atoms. The predicted octanol–water partition coefficient (Wildman–Crippen LogP) is 6.54. The number of anilines is 2. The number of nitrogens with one attached hydrogen (secondary N) is 1. The molecule has 4 rings (SSSR count). The summed E-state index contributed by atoms with van der Waals surface area (Å²) in [5.74, 6) is 0.488. The Balaban J connectivity index is 1.38. The number of hydrogen-bond donors (Lipinski definition) is 1. The highest BCUT2D eigenvalue weighted by molar-refractivity contribution is 9.10. The number of nitrogens with zero attached hydrogens (tertiary/aromatic N) is 1. The van der Waals surface area contributed by atoms with E-state index < -0.39 is 5.92 Å². The van der Waals surface area contributed by atoms with Gasteiger partial charge in [-0.2, -0.15) is 0 Å². The summed E-state index contributed by atoms with van der Waals surface area (Å²) in [6.45, 7) is 0.246. The Morgan fingerprint density at radius 1 is 1.00 bits per heavy atom. The minimum absolute atomic E-state index is 0.111. The first-order valence-corrected chi connectivity index (χ1v) is 11.0. The maximum Gasteiger partial charge on any atom is 0.229 e. The summed E-state index contributed by atoms with van der Waals surface area (Å²) in [7, 11) is 0. The lowest BCUT2D eigenvalue weighted by Gasteiger charge is -2.18. The molecular weight excluding hydrogens is 503 g/mol. The lowest BCUT2D eigenvalue weighted by molar-refractivity contribution is -0.122. The van der Waals surface area contributed by atoms with Crippen molar-refractivity contribution >= 4 is 62.3 Å². The van der Waals surface area contributed by atoms with Crippen molar-refractivity contribution < 1.29 is 14.3 Å². The summed E-state index contributed by atoms with van der Waals surface area (Å²) in [6.07, 6.45) is 0.111. The quantitative estimate of drug-likeness (QED) is 0.416. The van der Waals surface area contributed by atoms with Gasteiger partial charge in [-0.1, -0.05) is 39.1 Å². The monoisotopic (exact) mass is 518 g/mol. The fraction of sp³-hybridized carbons (Fsp3) is 0.130. The molecule has 0 bridgehead atoms. The normalized spacial score (nSPS) is 15.8. The molecule has 1 aliphatic rings. The number of halogens is 3. The third-order valence-electron chi connectivity index (χ3n) is 4.87. The average molecular weight is 520 g/mol. The summed E-state index contributed by atoms with van der Waals surface area (Å²) >= 11 is 15.6. The van der Waals surface area contributed by atoms with Crippen LogP contribution in [-0.2, 0) is 9.59 Å². The molecule has 5 nitrogen and oxygen atoms in total. The van der Waals surface area contributed by atoms with Gasteiger partial charge in [0.2, 0.25) is 11.8 Å². The van der Waals surface area contributed by atoms with Crippen LogP contribution in [0.4, 0.5) is 11.4 Å². The molecule has 0 saturated carbocycles. The van der Waals surface area contributed by atoms with Crippen molar-refractivity contribution in [3.63, 3.8) is 0 Å². The summed E-state index contributed by atoms with van der Waals surface area (Å²) in [6, 6.07) is 19.5. The van der Waals surface area contributed by atoms with Gasteiger partial charge in [0.15, 0.2) is 0 Å². The first-order valence-electron chi connectivity index (χ1n) is 9.49. The first-order chi connectivity index (χ1) is 14.9. The average Bonchev–Trinajstić information content (AvgIpc) is 3.14. The van der Waals surface area contributed by atoms with Crippen LogP contribution in [0.2, 0.25) is 10.0 Å². The molecule has 1 fully saturated rings. The zero-order valence-corrected chi connectivity index (χ0v) is 19.2. The SMILES string of the molecule is O=C(Nc1ccc(Oc2ccc(Br)cc2)cc1)[C@H]1CC(=O)N(c2cc(Cl)ccc2Cl)C1. The fourth-order valence-electron chi connectivity index (χ4n) is 3.30. The van der Waals surface area contributed by atoms with Gasteiger partial charge in [0.25, 0.3) is 0 Å². The standard InChI is InChI=1S/C23H17BrCl2N2O3/c24-15-1-6-18(7-2-15)31-19-8-4-17(5-9-19)27-23(30)14-11-22(29)28(13-14)21-12-16(25)3-10-20(21)26/h1-10,12,14H,11,13H2,(H,27,30)/t14-/m0/s1. The van der Waals surface area contributed by atoms with Gasteiger partial charge in [-0.05, 0) is 66.7 Å². The molecule has 8 heteroatoms. The van der Waals surface area contributed by atoms with Gasteiger partial charge in [0.05, 0.1) is 16.6 Å². The predicted molar refractivity (Wildman–Crippen MR) is 126 cm³/mol. The van der Waals surface area contributed by atoms with Crippen LogP contribution in [0.1, 0.15) is 6.42 Å². The number of rotatable bonds is 5. The Labute approximate surface area is 198 Å². The minimum atomic E-state index is -0.485. The third kappa shape index (κ3) is 5.21. The Hall–Kier alpha value is -2.54. The molecule has 1 saturated heterocycles. The molecule has 158 valence electrons. The van der Waals surface area contributed by atoms with Crippen LogP contribution in [0.3, 0.4) is 0 Å².